The van der Waals surface area contributed by atoms with Gasteiger partial charge in [-0.3, -0.25) is 4.98 Å². The standard InChI is InChI=1S/C16H22ClN/c1-11-2-5-16(18-10-11)9-15(17)8-14-7-12-3-4-13(14)6-12/h2,5,10,12-15H,3-4,6-9H2,1H3. The first-order valence-electron chi connectivity index (χ1n) is 7.26. The molecule has 2 aliphatic rings. The summed E-state index contributed by atoms with van der Waals surface area (Å²) in [5.41, 5.74) is 2.36. The van der Waals surface area contributed by atoms with Crippen LogP contribution in [0, 0.1) is 24.7 Å². The van der Waals surface area contributed by atoms with Crippen molar-refractivity contribution in [3.8, 4) is 0 Å². The van der Waals surface area contributed by atoms with Gasteiger partial charge in [0.15, 0.2) is 0 Å². The molecule has 0 radical (unpaired) electrons. The highest BCUT2D eigenvalue weighted by Gasteiger charge is 2.39. The van der Waals surface area contributed by atoms with E-state index in [2.05, 4.69) is 24.0 Å². The minimum atomic E-state index is 0.268. The SMILES string of the molecule is Cc1ccc(CC(Cl)CC2CC3CCC2C3)nc1. The summed E-state index contributed by atoms with van der Waals surface area (Å²) in [7, 11) is 0. The molecule has 0 spiro atoms. The number of hydrogen-bond acceptors (Lipinski definition) is 1. The second-order valence-electron chi connectivity index (χ2n) is 6.30. The van der Waals surface area contributed by atoms with Gasteiger partial charge >= 0.3 is 0 Å². The van der Waals surface area contributed by atoms with Crippen molar-refractivity contribution in [1.82, 2.24) is 4.98 Å². The summed E-state index contributed by atoms with van der Waals surface area (Å²) >= 11 is 6.53. The fraction of sp³-hybridized carbons (Fsp3) is 0.688. The molecule has 1 nitrogen and oxygen atoms in total. The van der Waals surface area contributed by atoms with Crippen LogP contribution in [0.4, 0.5) is 0 Å². The Hall–Kier alpha value is -0.560. The normalized spacial score (nSPS) is 31.8. The molecule has 1 aromatic rings. The van der Waals surface area contributed by atoms with Crippen LogP contribution in [0.5, 0.6) is 0 Å². The van der Waals surface area contributed by atoms with Crippen LogP contribution < -0.4 is 0 Å². The fourth-order valence-corrected chi connectivity index (χ4v) is 4.31. The Bertz CT molecular complexity index is 400. The Balaban J connectivity index is 1.52. The van der Waals surface area contributed by atoms with E-state index in [0.29, 0.717) is 0 Å². The highest BCUT2D eigenvalue weighted by atomic mass is 35.5. The molecule has 0 aliphatic heterocycles. The van der Waals surface area contributed by atoms with E-state index in [0.717, 1.165) is 29.9 Å². The smallest absolute Gasteiger partial charge is 0.0418 e. The first-order valence-corrected chi connectivity index (χ1v) is 7.70. The zero-order valence-electron chi connectivity index (χ0n) is 11.1. The van der Waals surface area contributed by atoms with Crippen molar-refractivity contribution in [2.75, 3.05) is 0 Å². The van der Waals surface area contributed by atoms with Crippen molar-refractivity contribution in [1.29, 1.82) is 0 Å². The lowest BCUT2D eigenvalue weighted by Gasteiger charge is -2.23. The predicted molar refractivity (Wildman–Crippen MR) is 75.9 cm³/mol. The summed E-state index contributed by atoms with van der Waals surface area (Å²) < 4.78 is 0. The highest BCUT2D eigenvalue weighted by Crippen LogP contribution is 2.50. The van der Waals surface area contributed by atoms with Gasteiger partial charge in [-0.2, -0.15) is 0 Å². The van der Waals surface area contributed by atoms with E-state index in [1.807, 2.05) is 6.20 Å². The molecular formula is C16H22ClN. The number of fused-ring (bicyclic) bond motifs is 2. The van der Waals surface area contributed by atoms with Gasteiger partial charge in [0, 0.05) is 23.7 Å². The van der Waals surface area contributed by atoms with Gasteiger partial charge in [0.2, 0.25) is 0 Å². The summed E-state index contributed by atoms with van der Waals surface area (Å²) in [5, 5.41) is 0.268. The van der Waals surface area contributed by atoms with E-state index in [1.54, 1.807) is 0 Å². The second-order valence-corrected chi connectivity index (χ2v) is 6.92. The maximum Gasteiger partial charge on any atom is 0.0418 e. The molecule has 0 aromatic carbocycles. The third-order valence-corrected chi connectivity index (χ3v) is 5.18. The van der Waals surface area contributed by atoms with Crippen molar-refractivity contribution in [2.45, 2.75) is 50.8 Å². The van der Waals surface area contributed by atoms with Crippen LogP contribution in [0.2, 0.25) is 0 Å². The lowest BCUT2D eigenvalue weighted by Crippen LogP contribution is -2.17. The van der Waals surface area contributed by atoms with Crippen LogP contribution >= 0.6 is 11.6 Å². The molecule has 2 aliphatic carbocycles. The Morgan fingerprint density at radius 3 is 2.83 bits per heavy atom. The van der Waals surface area contributed by atoms with Crippen LogP contribution in [-0.4, -0.2) is 10.4 Å². The van der Waals surface area contributed by atoms with Gasteiger partial charge in [-0.05, 0) is 62.0 Å². The highest BCUT2D eigenvalue weighted by molar-refractivity contribution is 6.20. The van der Waals surface area contributed by atoms with E-state index >= 15 is 0 Å². The molecule has 98 valence electrons. The predicted octanol–water partition coefficient (Wildman–Crippen LogP) is 4.37. The number of alkyl halides is 1. The second kappa shape index (κ2) is 5.21. The average molecular weight is 264 g/mol. The summed E-state index contributed by atoms with van der Waals surface area (Å²) in [6.45, 7) is 2.07. The zero-order valence-corrected chi connectivity index (χ0v) is 11.9. The van der Waals surface area contributed by atoms with Crippen LogP contribution in [-0.2, 0) is 6.42 Å². The molecule has 18 heavy (non-hydrogen) atoms. The quantitative estimate of drug-likeness (QED) is 0.736. The van der Waals surface area contributed by atoms with Crippen molar-refractivity contribution in [2.24, 2.45) is 17.8 Å². The largest absolute Gasteiger partial charge is 0.261 e. The summed E-state index contributed by atoms with van der Waals surface area (Å²) in [5.74, 6) is 2.92. The monoisotopic (exact) mass is 263 g/mol. The molecule has 4 unspecified atom stereocenters. The van der Waals surface area contributed by atoms with E-state index in [4.69, 9.17) is 11.6 Å². The first kappa shape index (κ1) is 12.5. The Morgan fingerprint density at radius 2 is 2.22 bits per heavy atom. The Kier molecular flexibility index (Phi) is 3.61. The summed E-state index contributed by atoms with van der Waals surface area (Å²) in [6.07, 6.45) is 9.92. The van der Waals surface area contributed by atoms with Gasteiger partial charge in [0.1, 0.15) is 0 Å². The molecule has 2 bridgehead atoms. The molecule has 3 rings (SSSR count). The van der Waals surface area contributed by atoms with Gasteiger partial charge in [-0.15, -0.1) is 11.6 Å². The fourth-order valence-electron chi connectivity index (χ4n) is 3.92. The average Bonchev–Trinajstić information content (AvgIpc) is 2.94. The molecular weight excluding hydrogens is 242 g/mol. The van der Waals surface area contributed by atoms with Crippen molar-refractivity contribution in [3.05, 3.63) is 29.6 Å². The van der Waals surface area contributed by atoms with Crippen LogP contribution in [0.25, 0.3) is 0 Å². The molecule has 0 amide bonds. The molecule has 1 aromatic heterocycles. The molecule has 2 heteroatoms. The minimum Gasteiger partial charge on any atom is -0.261 e. The number of aryl methyl sites for hydroxylation is 1. The number of aromatic nitrogens is 1. The number of hydrogen-bond donors (Lipinski definition) is 0. The maximum atomic E-state index is 6.53. The topological polar surface area (TPSA) is 12.9 Å². The number of pyridine rings is 1. The molecule has 1 heterocycles. The molecule has 0 N–H and O–H groups in total. The van der Waals surface area contributed by atoms with E-state index in [9.17, 15) is 0 Å². The molecule has 0 saturated heterocycles. The first-order chi connectivity index (χ1) is 8.70. The van der Waals surface area contributed by atoms with E-state index in [1.165, 1.54) is 37.7 Å². The Labute approximate surface area is 115 Å². The minimum absolute atomic E-state index is 0.268. The number of nitrogens with zero attached hydrogens (tertiary/aromatic N) is 1. The van der Waals surface area contributed by atoms with Crippen LogP contribution in [0.1, 0.15) is 43.4 Å². The number of rotatable bonds is 4. The summed E-state index contributed by atoms with van der Waals surface area (Å²) in [4.78, 5) is 4.46. The van der Waals surface area contributed by atoms with Crippen LogP contribution in [0.3, 0.4) is 0 Å². The van der Waals surface area contributed by atoms with Gasteiger partial charge in [-0.1, -0.05) is 12.5 Å². The maximum absolute atomic E-state index is 6.53. The molecule has 2 fully saturated rings. The van der Waals surface area contributed by atoms with E-state index in [-0.39, 0.29) is 5.38 Å². The molecule has 2 saturated carbocycles. The van der Waals surface area contributed by atoms with Crippen molar-refractivity contribution in [3.63, 3.8) is 0 Å². The lowest BCUT2D eigenvalue weighted by atomic mass is 9.85. The van der Waals surface area contributed by atoms with Gasteiger partial charge in [0.05, 0.1) is 0 Å². The van der Waals surface area contributed by atoms with Gasteiger partial charge in [-0.25, -0.2) is 0 Å². The third kappa shape index (κ3) is 2.71. The van der Waals surface area contributed by atoms with Crippen molar-refractivity contribution < 1.29 is 0 Å². The molecule has 4 atom stereocenters. The summed E-state index contributed by atoms with van der Waals surface area (Å²) in [6, 6.07) is 4.25. The lowest BCUT2D eigenvalue weighted by molar-refractivity contribution is 0.310. The van der Waals surface area contributed by atoms with E-state index < -0.39 is 0 Å². The number of halogens is 1. The Morgan fingerprint density at radius 1 is 1.33 bits per heavy atom. The van der Waals surface area contributed by atoms with Gasteiger partial charge < -0.3 is 0 Å². The van der Waals surface area contributed by atoms with Gasteiger partial charge in [0.25, 0.3) is 0 Å². The third-order valence-electron chi connectivity index (χ3n) is 4.85. The van der Waals surface area contributed by atoms with Crippen LogP contribution in [0.15, 0.2) is 18.3 Å². The van der Waals surface area contributed by atoms with Crippen molar-refractivity contribution >= 4 is 11.6 Å². The zero-order chi connectivity index (χ0) is 12.5.